The van der Waals surface area contributed by atoms with Crippen molar-refractivity contribution in [1.29, 1.82) is 0 Å². The Balaban J connectivity index is 1.56. The molecular formula is C17H15N3OS2. The second-order valence-electron chi connectivity index (χ2n) is 4.89. The van der Waals surface area contributed by atoms with E-state index in [2.05, 4.69) is 15.5 Å². The molecule has 1 amide bonds. The summed E-state index contributed by atoms with van der Waals surface area (Å²) in [4.78, 5) is 13.1. The summed E-state index contributed by atoms with van der Waals surface area (Å²) in [6, 6.07) is 15.5. The van der Waals surface area contributed by atoms with E-state index >= 15 is 0 Å². The minimum Gasteiger partial charge on any atom is -0.325 e. The first kappa shape index (κ1) is 15.7. The van der Waals surface area contributed by atoms with Crippen LogP contribution in [0.15, 0.2) is 58.9 Å². The van der Waals surface area contributed by atoms with Gasteiger partial charge in [-0.2, -0.15) is 0 Å². The molecule has 2 aromatic heterocycles. The summed E-state index contributed by atoms with van der Waals surface area (Å²) < 4.78 is 0. The first-order valence-electron chi connectivity index (χ1n) is 7.08. The van der Waals surface area contributed by atoms with Crippen molar-refractivity contribution in [3.05, 3.63) is 59.5 Å². The molecule has 0 aliphatic heterocycles. The molecule has 4 nitrogen and oxygen atoms in total. The van der Waals surface area contributed by atoms with E-state index in [4.69, 9.17) is 0 Å². The van der Waals surface area contributed by atoms with Crippen LogP contribution in [-0.2, 0) is 4.79 Å². The van der Waals surface area contributed by atoms with Gasteiger partial charge in [0.05, 0.1) is 10.6 Å². The van der Waals surface area contributed by atoms with Gasteiger partial charge in [0.25, 0.3) is 0 Å². The van der Waals surface area contributed by atoms with Gasteiger partial charge in [0.1, 0.15) is 10.7 Å². The van der Waals surface area contributed by atoms with Crippen molar-refractivity contribution >= 4 is 34.7 Å². The van der Waals surface area contributed by atoms with Crippen LogP contribution >= 0.6 is 23.1 Å². The van der Waals surface area contributed by atoms with Gasteiger partial charge < -0.3 is 5.32 Å². The molecule has 6 heteroatoms. The van der Waals surface area contributed by atoms with E-state index in [0.29, 0.717) is 5.75 Å². The summed E-state index contributed by atoms with van der Waals surface area (Å²) in [6.07, 6.45) is 0. The lowest BCUT2D eigenvalue weighted by Crippen LogP contribution is -2.14. The van der Waals surface area contributed by atoms with E-state index in [1.165, 1.54) is 11.8 Å². The van der Waals surface area contributed by atoms with Gasteiger partial charge >= 0.3 is 0 Å². The predicted molar refractivity (Wildman–Crippen MR) is 95.9 cm³/mol. The number of nitrogens with zero attached hydrogens (tertiary/aromatic N) is 2. The van der Waals surface area contributed by atoms with Crippen molar-refractivity contribution in [2.45, 2.75) is 11.9 Å². The molecule has 0 atom stereocenters. The van der Waals surface area contributed by atoms with Gasteiger partial charge in [-0.05, 0) is 42.1 Å². The second-order valence-corrected chi connectivity index (χ2v) is 6.83. The van der Waals surface area contributed by atoms with Crippen LogP contribution < -0.4 is 5.32 Å². The van der Waals surface area contributed by atoms with E-state index in [0.717, 1.165) is 26.8 Å². The quantitative estimate of drug-likeness (QED) is 0.705. The number of anilines is 1. The highest BCUT2D eigenvalue weighted by atomic mass is 32.2. The first-order chi connectivity index (χ1) is 11.2. The molecule has 0 radical (unpaired) electrons. The number of rotatable bonds is 5. The molecule has 2 heterocycles. The van der Waals surface area contributed by atoms with Crippen LogP contribution in [0.4, 0.5) is 5.69 Å². The summed E-state index contributed by atoms with van der Waals surface area (Å²) >= 11 is 3.01. The van der Waals surface area contributed by atoms with E-state index < -0.39 is 0 Å². The lowest BCUT2D eigenvalue weighted by atomic mass is 10.2. The maximum absolute atomic E-state index is 12.0. The fourth-order valence-corrected chi connectivity index (χ4v) is 3.30. The number of benzene rings is 1. The molecule has 0 saturated carbocycles. The second kappa shape index (κ2) is 7.39. The number of carbonyl (C=O) groups excluding carboxylic acids is 1. The molecule has 0 fully saturated rings. The van der Waals surface area contributed by atoms with Crippen LogP contribution in [0.1, 0.15) is 5.56 Å². The molecule has 3 rings (SSSR count). The molecule has 0 bridgehead atoms. The van der Waals surface area contributed by atoms with Gasteiger partial charge in [-0.25, -0.2) is 0 Å². The van der Waals surface area contributed by atoms with Gasteiger partial charge in [0, 0.05) is 5.69 Å². The average Bonchev–Trinajstić information content (AvgIpc) is 3.10. The van der Waals surface area contributed by atoms with Crippen molar-refractivity contribution in [2.24, 2.45) is 0 Å². The number of nitrogens with one attached hydrogen (secondary N) is 1. The van der Waals surface area contributed by atoms with Gasteiger partial charge in [-0.15, -0.1) is 21.5 Å². The Bertz CT molecular complexity index is 786. The normalized spacial score (nSPS) is 10.5. The maximum atomic E-state index is 12.0. The monoisotopic (exact) mass is 341 g/mol. The van der Waals surface area contributed by atoms with Gasteiger partial charge in [0.2, 0.25) is 5.91 Å². The first-order valence-corrected chi connectivity index (χ1v) is 8.95. The summed E-state index contributed by atoms with van der Waals surface area (Å²) in [5.74, 6) is 0.259. The Morgan fingerprint density at radius 1 is 1.13 bits per heavy atom. The van der Waals surface area contributed by atoms with Crippen LogP contribution in [-0.4, -0.2) is 21.9 Å². The highest BCUT2D eigenvalue weighted by Gasteiger charge is 2.07. The largest absolute Gasteiger partial charge is 0.325 e. The zero-order valence-corrected chi connectivity index (χ0v) is 14.2. The molecule has 0 spiro atoms. The van der Waals surface area contributed by atoms with Crippen molar-refractivity contribution < 1.29 is 4.79 Å². The number of thiophene rings is 1. The number of amides is 1. The summed E-state index contributed by atoms with van der Waals surface area (Å²) in [5, 5.41) is 14.0. The van der Waals surface area contributed by atoms with E-state index in [9.17, 15) is 4.79 Å². The Morgan fingerprint density at radius 3 is 2.70 bits per heavy atom. The van der Waals surface area contributed by atoms with Gasteiger partial charge in [0.15, 0.2) is 0 Å². The molecule has 0 aliphatic carbocycles. The van der Waals surface area contributed by atoms with Crippen LogP contribution in [0, 0.1) is 6.92 Å². The third kappa shape index (κ3) is 4.18. The van der Waals surface area contributed by atoms with Crippen molar-refractivity contribution in [1.82, 2.24) is 10.2 Å². The number of carbonyl (C=O) groups is 1. The van der Waals surface area contributed by atoms with Crippen molar-refractivity contribution in [2.75, 3.05) is 11.1 Å². The SMILES string of the molecule is Cc1ccccc1NC(=O)CSc1ccc(-c2cccs2)nn1. The molecule has 0 saturated heterocycles. The topological polar surface area (TPSA) is 54.9 Å². The summed E-state index contributed by atoms with van der Waals surface area (Å²) in [5.41, 5.74) is 2.75. The molecule has 23 heavy (non-hydrogen) atoms. The van der Waals surface area contributed by atoms with Crippen molar-refractivity contribution in [3.8, 4) is 10.6 Å². The number of hydrogen-bond acceptors (Lipinski definition) is 5. The molecular weight excluding hydrogens is 326 g/mol. The maximum Gasteiger partial charge on any atom is 0.234 e. The lowest BCUT2D eigenvalue weighted by molar-refractivity contribution is -0.113. The van der Waals surface area contributed by atoms with Gasteiger partial charge in [-0.1, -0.05) is 36.0 Å². The van der Waals surface area contributed by atoms with E-state index in [1.54, 1.807) is 11.3 Å². The Hall–Kier alpha value is -2.18. The number of para-hydroxylation sites is 1. The summed E-state index contributed by atoms with van der Waals surface area (Å²) in [6.45, 7) is 1.97. The molecule has 1 N–H and O–H groups in total. The lowest BCUT2D eigenvalue weighted by Gasteiger charge is -2.07. The average molecular weight is 341 g/mol. The number of thioether (sulfide) groups is 1. The number of aromatic nitrogens is 2. The van der Waals surface area contributed by atoms with E-state index in [-0.39, 0.29) is 5.91 Å². The summed E-state index contributed by atoms with van der Waals surface area (Å²) in [7, 11) is 0. The Kier molecular flexibility index (Phi) is 5.05. The van der Waals surface area contributed by atoms with Gasteiger partial charge in [-0.3, -0.25) is 4.79 Å². The third-order valence-corrected chi connectivity index (χ3v) is 5.00. The fraction of sp³-hybridized carbons (Fsp3) is 0.118. The molecule has 0 unspecified atom stereocenters. The Morgan fingerprint density at radius 2 is 2.00 bits per heavy atom. The zero-order chi connectivity index (χ0) is 16.1. The third-order valence-electron chi connectivity index (χ3n) is 3.18. The minimum atomic E-state index is -0.0477. The fourth-order valence-electron chi connectivity index (χ4n) is 1.99. The highest BCUT2D eigenvalue weighted by molar-refractivity contribution is 7.99. The molecule has 3 aromatic rings. The predicted octanol–water partition coefficient (Wildman–Crippen LogP) is 4.24. The zero-order valence-electron chi connectivity index (χ0n) is 12.5. The van der Waals surface area contributed by atoms with E-state index in [1.807, 2.05) is 60.8 Å². The molecule has 1 aromatic carbocycles. The van der Waals surface area contributed by atoms with Crippen LogP contribution in [0.25, 0.3) is 10.6 Å². The number of aryl methyl sites for hydroxylation is 1. The van der Waals surface area contributed by atoms with Crippen LogP contribution in [0.3, 0.4) is 0 Å². The number of hydrogen-bond donors (Lipinski definition) is 1. The Labute approximate surface area is 143 Å². The smallest absolute Gasteiger partial charge is 0.234 e. The molecule has 0 aliphatic rings. The van der Waals surface area contributed by atoms with Crippen LogP contribution in [0.2, 0.25) is 0 Å². The van der Waals surface area contributed by atoms with Crippen molar-refractivity contribution in [3.63, 3.8) is 0 Å². The standard InChI is InChI=1S/C17H15N3OS2/c1-12-5-2-3-6-13(12)18-16(21)11-23-17-9-8-14(19-20-17)15-7-4-10-22-15/h2-10H,11H2,1H3,(H,18,21). The van der Waals surface area contributed by atoms with Crippen LogP contribution in [0.5, 0.6) is 0 Å². The highest BCUT2D eigenvalue weighted by Crippen LogP contribution is 2.23. The molecule has 116 valence electrons. The minimum absolute atomic E-state index is 0.0477.